The van der Waals surface area contributed by atoms with E-state index >= 15 is 0 Å². The number of piperidine rings is 1. The Balaban J connectivity index is 1.91. The SMILES string of the molecule is Cc1csc(NC(=O)c2ccccc2S(=O)(=O)N2CCCCC2)n1. The molecular weight excluding hydrogens is 346 g/mol. The molecule has 128 valence electrons. The van der Waals surface area contributed by atoms with Crippen molar-refractivity contribution in [2.45, 2.75) is 31.1 Å². The Labute approximate surface area is 145 Å². The van der Waals surface area contributed by atoms with Crippen molar-refractivity contribution in [2.24, 2.45) is 0 Å². The van der Waals surface area contributed by atoms with E-state index in [1.165, 1.54) is 27.8 Å². The summed E-state index contributed by atoms with van der Waals surface area (Å²) in [6.45, 7) is 2.84. The van der Waals surface area contributed by atoms with Gasteiger partial charge in [0.15, 0.2) is 5.13 Å². The first-order chi connectivity index (χ1) is 11.5. The number of hydrogen-bond acceptors (Lipinski definition) is 5. The van der Waals surface area contributed by atoms with Crippen LogP contribution in [0.4, 0.5) is 5.13 Å². The van der Waals surface area contributed by atoms with Crippen LogP contribution in [-0.4, -0.2) is 36.7 Å². The van der Waals surface area contributed by atoms with E-state index in [2.05, 4.69) is 10.3 Å². The van der Waals surface area contributed by atoms with Gasteiger partial charge in [-0.05, 0) is 31.9 Å². The molecule has 1 aromatic carbocycles. The van der Waals surface area contributed by atoms with Crippen LogP contribution in [-0.2, 0) is 10.0 Å². The third-order valence-electron chi connectivity index (χ3n) is 3.90. The summed E-state index contributed by atoms with van der Waals surface area (Å²) in [5.41, 5.74) is 0.959. The van der Waals surface area contributed by atoms with Gasteiger partial charge in [-0.15, -0.1) is 11.3 Å². The maximum Gasteiger partial charge on any atom is 0.258 e. The lowest BCUT2D eigenvalue weighted by Crippen LogP contribution is -2.36. The molecule has 1 fully saturated rings. The molecule has 1 aliphatic rings. The Morgan fingerprint density at radius 3 is 2.58 bits per heavy atom. The molecule has 3 rings (SSSR count). The molecule has 8 heteroatoms. The Bertz CT molecular complexity index is 840. The molecule has 1 N–H and O–H groups in total. The number of nitrogens with zero attached hydrogens (tertiary/aromatic N) is 2. The summed E-state index contributed by atoms with van der Waals surface area (Å²) in [4.78, 5) is 16.8. The van der Waals surface area contributed by atoms with Crippen LogP contribution in [0.5, 0.6) is 0 Å². The Morgan fingerprint density at radius 2 is 1.92 bits per heavy atom. The molecular formula is C16H19N3O3S2. The van der Waals surface area contributed by atoms with E-state index in [0.29, 0.717) is 18.2 Å². The van der Waals surface area contributed by atoms with Crippen LogP contribution >= 0.6 is 11.3 Å². The van der Waals surface area contributed by atoms with Crippen molar-refractivity contribution < 1.29 is 13.2 Å². The van der Waals surface area contributed by atoms with Crippen LogP contribution in [0.1, 0.15) is 35.3 Å². The molecule has 6 nitrogen and oxygen atoms in total. The van der Waals surface area contributed by atoms with Crippen molar-refractivity contribution in [1.82, 2.24) is 9.29 Å². The molecule has 1 aliphatic heterocycles. The summed E-state index contributed by atoms with van der Waals surface area (Å²) >= 11 is 1.31. The van der Waals surface area contributed by atoms with Gasteiger partial charge in [-0.25, -0.2) is 13.4 Å². The van der Waals surface area contributed by atoms with Crippen LogP contribution in [0.25, 0.3) is 0 Å². The lowest BCUT2D eigenvalue weighted by Gasteiger charge is -2.26. The van der Waals surface area contributed by atoms with Gasteiger partial charge in [-0.3, -0.25) is 10.1 Å². The summed E-state index contributed by atoms with van der Waals surface area (Å²) in [6, 6.07) is 6.33. The van der Waals surface area contributed by atoms with Crippen LogP contribution in [0.15, 0.2) is 34.5 Å². The number of benzene rings is 1. The minimum atomic E-state index is -3.67. The quantitative estimate of drug-likeness (QED) is 0.903. The first kappa shape index (κ1) is 17.1. The van der Waals surface area contributed by atoms with Crippen LogP contribution in [0.3, 0.4) is 0 Å². The molecule has 2 heterocycles. The van der Waals surface area contributed by atoms with E-state index in [1.807, 2.05) is 12.3 Å². The normalized spacial score (nSPS) is 16.0. The van der Waals surface area contributed by atoms with Gasteiger partial charge in [-0.1, -0.05) is 18.6 Å². The number of thiazole rings is 1. The Kier molecular flexibility index (Phi) is 4.98. The number of amides is 1. The number of aryl methyl sites for hydroxylation is 1. The van der Waals surface area contributed by atoms with E-state index in [9.17, 15) is 13.2 Å². The van der Waals surface area contributed by atoms with E-state index in [-0.39, 0.29) is 10.5 Å². The van der Waals surface area contributed by atoms with Gasteiger partial charge in [0.1, 0.15) is 0 Å². The lowest BCUT2D eigenvalue weighted by molar-refractivity contribution is 0.102. The highest BCUT2D eigenvalue weighted by molar-refractivity contribution is 7.89. The van der Waals surface area contributed by atoms with Crippen molar-refractivity contribution in [3.8, 4) is 0 Å². The molecule has 1 saturated heterocycles. The minimum absolute atomic E-state index is 0.0534. The second kappa shape index (κ2) is 7.00. The second-order valence-corrected chi connectivity index (χ2v) is 8.47. The van der Waals surface area contributed by atoms with E-state index in [1.54, 1.807) is 12.1 Å². The van der Waals surface area contributed by atoms with Gasteiger partial charge in [0, 0.05) is 18.5 Å². The van der Waals surface area contributed by atoms with Crippen LogP contribution in [0, 0.1) is 6.92 Å². The predicted octanol–water partition coefficient (Wildman–Crippen LogP) is 2.88. The number of sulfonamides is 1. The average Bonchev–Trinajstić information content (AvgIpc) is 3.00. The molecule has 0 aliphatic carbocycles. The fourth-order valence-corrected chi connectivity index (χ4v) is 5.09. The van der Waals surface area contributed by atoms with E-state index < -0.39 is 15.9 Å². The van der Waals surface area contributed by atoms with Gasteiger partial charge >= 0.3 is 0 Å². The number of carbonyl (C=O) groups is 1. The first-order valence-corrected chi connectivity index (χ1v) is 10.1. The van der Waals surface area contributed by atoms with Crippen molar-refractivity contribution in [3.05, 3.63) is 40.9 Å². The Hall–Kier alpha value is -1.77. The summed E-state index contributed by atoms with van der Waals surface area (Å²) in [6.07, 6.45) is 2.75. The number of anilines is 1. The molecule has 2 aromatic rings. The highest BCUT2D eigenvalue weighted by atomic mass is 32.2. The molecule has 1 aromatic heterocycles. The molecule has 0 atom stereocenters. The van der Waals surface area contributed by atoms with E-state index in [0.717, 1.165) is 25.0 Å². The van der Waals surface area contributed by atoms with E-state index in [4.69, 9.17) is 0 Å². The third kappa shape index (κ3) is 3.50. The monoisotopic (exact) mass is 365 g/mol. The summed E-state index contributed by atoms with van der Waals surface area (Å²) < 4.78 is 27.3. The Morgan fingerprint density at radius 1 is 1.21 bits per heavy atom. The molecule has 0 spiro atoms. The van der Waals surface area contributed by atoms with Crippen molar-refractivity contribution in [2.75, 3.05) is 18.4 Å². The summed E-state index contributed by atoms with van der Waals surface area (Å²) in [5.74, 6) is -0.458. The number of nitrogens with one attached hydrogen (secondary N) is 1. The maximum absolute atomic E-state index is 12.9. The fraction of sp³-hybridized carbons (Fsp3) is 0.375. The number of hydrogen-bond donors (Lipinski definition) is 1. The van der Waals surface area contributed by atoms with Crippen molar-refractivity contribution >= 4 is 32.4 Å². The molecule has 0 unspecified atom stereocenters. The van der Waals surface area contributed by atoms with Gasteiger partial charge in [0.2, 0.25) is 10.0 Å². The second-order valence-electron chi connectivity index (χ2n) is 5.71. The fourth-order valence-electron chi connectivity index (χ4n) is 2.70. The third-order valence-corrected chi connectivity index (χ3v) is 6.74. The predicted molar refractivity (Wildman–Crippen MR) is 93.9 cm³/mol. The summed E-state index contributed by atoms with van der Waals surface area (Å²) in [7, 11) is -3.67. The number of aromatic nitrogens is 1. The zero-order valence-electron chi connectivity index (χ0n) is 13.4. The van der Waals surface area contributed by atoms with Gasteiger partial charge in [-0.2, -0.15) is 4.31 Å². The molecule has 1 amide bonds. The average molecular weight is 365 g/mol. The lowest BCUT2D eigenvalue weighted by atomic mass is 10.2. The highest BCUT2D eigenvalue weighted by Gasteiger charge is 2.29. The van der Waals surface area contributed by atoms with Crippen molar-refractivity contribution in [3.63, 3.8) is 0 Å². The van der Waals surface area contributed by atoms with Crippen molar-refractivity contribution in [1.29, 1.82) is 0 Å². The zero-order valence-corrected chi connectivity index (χ0v) is 15.0. The van der Waals surface area contributed by atoms with Gasteiger partial charge in [0.25, 0.3) is 5.91 Å². The maximum atomic E-state index is 12.9. The molecule has 0 saturated carbocycles. The minimum Gasteiger partial charge on any atom is -0.298 e. The highest BCUT2D eigenvalue weighted by Crippen LogP contribution is 2.24. The topological polar surface area (TPSA) is 79.4 Å². The summed E-state index contributed by atoms with van der Waals surface area (Å²) in [5, 5.41) is 4.97. The largest absolute Gasteiger partial charge is 0.298 e. The zero-order chi connectivity index (χ0) is 17.2. The molecule has 0 radical (unpaired) electrons. The molecule has 24 heavy (non-hydrogen) atoms. The smallest absolute Gasteiger partial charge is 0.258 e. The van der Waals surface area contributed by atoms with Gasteiger partial charge in [0.05, 0.1) is 16.2 Å². The number of carbonyl (C=O) groups excluding carboxylic acids is 1. The standard InChI is InChI=1S/C16H19N3O3S2/c1-12-11-23-16(17-12)18-15(20)13-7-3-4-8-14(13)24(21,22)19-9-5-2-6-10-19/h3-4,7-8,11H,2,5-6,9-10H2,1H3,(H,17,18,20). The first-order valence-electron chi connectivity index (χ1n) is 7.81. The van der Waals surface area contributed by atoms with Gasteiger partial charge < -0.3 is 0 Å². The molecule has 0 bridgehead atoms. The van der Waals surface area contributed by atoms with Crippen LogP contribution < -0.4 is 5.32 Å². The number of rotatable bonds is 4. The van der Waals surface area contributed by atoms with Crippen LogP contribution in [0.2, 0.25) is 0 Å².